The predicted molar refractivity (Wildman–Crippen MR) is 88.9 cm³/mol. The Morgan fingerprint density at radius 1 is 1.04 bits per heavy atom. The highest BCUT2D eigenvalue weighted by Gasteiger charge is 2.33. The van der Waals surface area contributed by atoms with Crippen LogP contribution in [0.2, 0.25) is 0 Å². The molecule has 0 bridgehead atoms. The summed E-state index contributed by atoms with van der Waals surface area (Å²) in [6.45, 7) is 0. The van der Waals surface area contributed by atoms with Crippen LogP contribution in [0, 0.1) is 5.92 Å². The van der Waals surface area contributed by atoms with E-state index in [0.717, 1.165) is 18.4 Å². The Balaban J connectivity index is 1.80. The van der Waals surface area contributed by atoms with Gasteiger partial charge >= 0.3 is 0 Å². The van der Waals surface area contributed by atoms with Gasteiger partial charge in [-0.3, -0.25) is 4.79 Å². The van der Waals surface area contributed by atoms with Crippen LogP contribution in [-0.2, 0) is 0 Å². The van der Waals surface area contributed by atoms with E-state index in [9.17, 15) is 4.79 Å². The molecule has 0 aromatic heterocycles. The van der Waals surface area contributed by atoms with Crippen molar-refractivity contribution in [3.63, 3.8) is 0 Å². The van der Waals surface area contributed by atoms with Gasteiger partial charge in [-0.05, 0) is 42.5 Å². The molecule has 0 aliphatic heterocycles. The lowest BCUT2D eigenvalue weighted by Gasteiger charge is -2.19. The highest BCUT2D eigenvalue weighted by atomic mass is 16.5. The van der Waals surface area contributed by atoms with Gasteiger partial charge in [-0.1, -0.05) is 30.3 Å². The predicted octanol–water partition coefficient (Wildman–Crippen LogP) is 3.58. The molecule has 2 aromatic rings. The molecule has 0 heterocycles. The number of hydrogen-bond donors (Lipinski definition) is 1. The highest BCUT2D eigenvalue weighted by Crippen LogP contribution is 2.41. The standard InChI is InChI=1S/C19H21NO3/c1-22-16-11-10-15(12-17(16)23-2)19(21)20-18(14-8-9-14)13-6-4-3-5-7-13/h3-7,10-12,14,18H,8-9H2,1-2H3,(H,20,21)/t18-/m0/s1. The van der Waals surface area contributed by atoms with E-state index < -0.39 is 0 Å². The van der Waals surface area contributed by atoms with Crippen LogP contribution in [0.4, 0.5) is 0 Å². The number of hydrogen-bond acceptors (Lipinski definition) is 3. The molecule has 120 valence electrons. The van der Waals surface area contributed by atoms with E-state index in [0.29, 0.717) is 23.0 Å². The largest absolute Gasteiger partial charge is 0.493 e. The van der Waals surface area contributed by atoms with Crippen molar-refractivity contribution in [1.82, 2.24) is 5.32 Å². The normalized spacial score (nSPS) is 14.9. The third-order valence-corrected chi connectivity index (χ3v) is 4.18. The van der Waals surface area contributed by atoms with E-state index >= 15 is 0 Å². The summed E-state index contributed by atoms with van der Waals surface area (Å²) in [7, 11) is 3.15. The summed E-state index contributed by atoms with van der Waals surface area (Å²) in [6.07, 6.45) is 2.32. The molecular formula is C19H21NO3. The molecule has 0 radical (unpaired) electrons. The summed E-state index contributed by atoms with van der Waals surface area (Å²) in [6, 6.07) is 15.4. The third kappa shape index (κ3) is 3.47. The fourth-order valence-electron chi connectivity index (χ4n) is 2.77. The average Bonchev–Trinajstić information content (AvgIpc) is 3.44. The number of rotatable bonds is 6. The Morgan fingerprint density at radius 3 is 2.35 bits per heavy atom. The number of methoxy groups -OCH3 is 2. The maximum Gasteiger partial charge on any atom is 0.251 e. The molecule has 1 N–H and O–H groups in total. The molecule has 3 rings (SSSR count). The zero-order chi connectivity index (χ0) is 16.2. The van der Waals surface area contributed by atoms with Gasteiger partial charge in [0.15, 0.2) is 11.5 Å². The SMILES string of the molecule is COc1ccc(C(=O)N[C@@H](c2ccccc2)C2CC2)cc1OC. The number of nitrogens with one attached hydrogen (secondary N) is 1. The monoisotopic (exact) mass is 311 g/mol. The van der Waals surface area contributed by atoms with Crippen molar-refractivity contribution in [3.05, 3.63) is 59.7 Å². The number of ether oxygens (including phenoxy) is 2. The fourth-order valence-corrected chi connectivity index (χ4v) is 2.77. The molecular weight excluding hydrogens is 290 g/mol. The molecule has 1 amide bonds. The Hall–Kier alpha value is -2.49. The van der Waals surface area contributed by atoms with Crippen molar-refractivity contribution in [3.8, 4) is 11.5 Å². The van der Waals surface area contributed by atoms with E-state index in [4.69, 9.17) is 9.47 Å². The molecule has 1 aliphatic rings. The minimum atomic E-state index is -0.0910. The third-order valence-electron chi connectivity index (χ3n) is 4.18. The summed E-state index contributed by atoms with van der Waals surface area (Å²) in [5.74, 6) is 1.61. The van der Waals surface area contributed by atoms with Crippen molar-refractivity contribution < 1.29 is 14.3 Å². The topological polar surface area (TPSA) is 47.6 Å². The van der Waals surface area contributed by atoms with Crippen LogP contribution in [0.25, 0.3) is 0 Å². The highest BCUT2D eigenvalue weighted by molar-refractivity contribution is 5.95. The summed E-state index contributed by atoms with van der Waals surface area (Å²) < 4.78 is 10.5. The van der Waals surface area contributed by atoms with E-state index in [-0.39, 0.29) is 11.9 Å². The number of carbonyl (C=O) groups is 1. The van der Waals surface area contributed by atoms with E-state index in [2.05, 4.69) is 17.4 Å². The number of carbonyl (C=O) groups excluding carboxylic acids is 1. The fraction of sp³-hybridized carbons (Fsp3) is 0.316. The molecule has 4 heteroatoms. The van der Waals surface area contributed by atoms with Crippen LogP contribution < -0.4 is 14.8 Å². The molecule has 4 nitrogen and oxygen atoms in total. The van der Waals surface area contributed by atoms with Crippen LogP contribution in [0.5, 0.6) is 11.5 Å². The van der Waals surface area contributed by atoms with E-state index in [1.807, 2.05) is 18.2 Å². The first-order valence-electron chi connectivity index (χ1n) is 7.80. The van der Waals surface area contributed by atoms with Gasteiger partial charge in [0.05, 0.1) is 20.3 Å². The number of amides is 1. The van der Waals surface area contributed by atoms with Gasteiger partial charge in [0.1, 0.15) is 0 Å². The van der Waals surface area contributed by atoms with E-state index in [1.54, 1.807) is 32.4 Å². The van der Waals surface area contributed by atoms with Gasteiger partial charge < -0.3 is 14.8 Å². The van der Waals surface area contributed by atoms with Crippen LogP contribution in [0.1, 0.15) is 34.8 Å². The van der Waals surface area contributed by atoms with Crippen molar-refractivity contribution in [2.45, 2.75) is 18.9 Å². The molecule has 0 unspecified atom stereocenters. The van der Waals surface area contributed by atoms with Gasteiger partial charge in [0.25, 0.3) is 5.91 Å². The molecule has 0 saturated heterocycles. The minimum absolute atomic E-state index is 0.0665. The minimum Gasteiger partial charge on any atom is -0.493 e. The van der Waals surface area contributed by atoms with Gasteiger partial charge in [0.2, 0.25) is 0 Å². The molecule has 0 spiro atoms. The van der Waals surface area contributed by atoms with Crippen LogP contribution in [0.15, 0.2) is 48.5 Å². The quantitative estimate of drug-likeness (QED) is 0.887. The summed E-state index contributed by atoms with van der Waals surface area (Å²) in [4.78, 5) is 12.6. The molecule has 1 atom stereocenters. The first-order chi connectivity index (χ1) is 11.2. The summed E-state index contributed by atoms with van der Waals surface area (Å²) in [5, 5.41) is 3.17. The Morgan fingerprint density at radius 2 is 1.74 bits per heavy atom. The zero-order valence-corrected chi connectivity index (χ0v) is 13.4. The average molecular weight is 311 g/mol. The van der Waals surface area contributed by atoms with Gasteiger partial charge in [-0.25, -0.2) is 0 Å². The zero-order valence-electron chi connectivity index (χ0n) is 13.4. The molecule has 1 aliphatic carbocycles. The van der Waals surface area contributed by atoms with Crippen LogP contribution in [-0.4, -0.2) is 20.1 Å². The number of benzene rings is 2. The van der Waals surface area contributed by atoms with Gasteiger partial charge in [0, 0.05) is 5.56 Å². The summed E-state index contributed by atoms with van der Waals surface area (Å²) >= 11 is 0. The summed E-state index contributed by atoms with van der Waals surface area (Å²) in [5.41, 5.74) is 1.73. The second-order valence-corrected chi connectivity index (χ2v) is 5.77. The molecule has 1 fully saturated rings. The Kier molecular flexibility index (Phi) is 4.51. The lowest BCUT2D eigenvalue weighted by atomic mass is 10.0. The molecule has 1 saturated carbocycles. The van der Waals surface area contributed by atoms with Crippen molar-refractivity contribution in [1.29, 1.82) is 0 Å². The maximum atomic E-state index is 12.6. The second-order valence-electron chi connectivity index (χ2n) is 5.77. The smallest absolute Gasteiger partial charge is 0.251 e. The second kappa shape index (κ2) is 6.73. The van der Waals surface area contributed by atoms with Gasteiger partial charge in [-0.2, -0.15) is 0 Å². The Labute approximate surface area is 136 Å². The molecule has 23 heavy (non-hydrogen) atoms. The lowest BCUT2D eigenvalue weighted by molar-refractivity contribution is 0.0931. The Bertz CT molecular complexity index is 680. The lowest BCUT2D eigenvalue weighted by Crippen LogP contribution is -2.29. The molecule has 2 aromatic carbocycles. The first-order valence-corrected chi connectivity index (χ1v) is 7.80. The van der Waals surface area contributed by atoms with Gasteiger partial charge in [-0.15, -0.1) is 0 Å². The maximum absolute atomic E-state index is 12.6. The van der Waals surface area contributed by atoms with Crippen molar-refractivity contribution >= 4 is 5.91 Å². The first kappa shape index (κ1) is 15.4. The van der Waals surface area contributed by atoms with Crippen LogP contribution >= 0.6 is 0 Å². The van der Waals surface area contributed by atoms with Crippen molar-refractivity contribution in [2.24, 2.45) is 5.92 Å². The van der Waals surface area contributed by atoms with Crippen LogP contribution in [0.3, 0.4) is 0 Å². The van der Waals surface area contributed by atoms with E-state index in [1.165, 1.54) is 0 Å². The van der Waals surface area contributed by atoms with Crippen molar-refractivity contribution in [2.75, 3.05) is 14.2 Å².